The zero-order chi connectivity index (χ0) is 13.7. The molecule has 1 unspecified atom stereocenters. The standard InChI is InChI=1S/C16H24N2O/c1-12(13-7-3-2-4-8-13)18-11-14-9-5-6-10-15(14)16(17)19/h5-6,9-10,12-13,18H,2-4,7-8,11H2,1H3,(H2,17,19). The fourth-order valence-electron chi connectivity index (χ4n) is 2.99. The van der Waals surface area contributed by atoms with Gasteiger partial charge in [0.05, 0.1) is 0 Å². The first-order valence-electron chi connectivity index (χ1n) is 7.29. The molecular formula is C16H24N2O. The highest BCUT2D eigenvalue weighted by atomic mass is 16.1. The number of hydrogen-bond acceptors (Lipinski definition) is 2. The Morgan fingerprint density at radius 2 is 2.00 bits per heavy atom. The van der Waals surface area contributed by atoms with E-state index in [4.69, 9.17) is 5.73 Å². The number of carbonyl (C=O) groups excluding carboxylic acids is 1. The van der Waals surface area contributed by atoms with Crippen LogP contribution < -0.4 is 11.1 Å². The van der Waals surface area contributed by atoms with Gasteiger partial charge in [0.2, 0.25) is 5.91 Å². The lowest BCUT2D eigenvalue weighted by atomic mass is 9.84. The molecule has 3 N–H and O–H groups in total. The van der Waals surface area contributed by atoms with Crippen LogP contribution in [0.4, 0.5) is 0 Å². The van der Waals surface area contributed by atoms with E-state index in [1.807, 2.05) is 18.2 Å². The van der Waals surface area contributed by atoms with Gasteiger partial charge in [-0.2, -0.15) is 0 Å². The van der Waals surface area contributed by atoms with Gasteiger partial charge in [0.15, 0.2) is 0 Å². The van der Waals surface area contributed by atoms with E-state index in [-0.39, 0.29) is 5.91 Å². The number of benzene rings is 1. The molecule has 0 saturated heterocycles. The first-order chi connectivity index (χ1) is 9.18. The first kappa shape index (κ1) is 14.1. The number of carbonyl (C=O) groups is 1. The number of primary amides is 1. The van der Waals surface area contributed by atoms with Crippen molar-refractivity contribution >= 4 is 5.91 Å². The van der Waals surface area contributed by atoms with Gasteiger partial charge in [0.1, 0.15) is 0 Å². The zero-order valence-electron chi connectivity index (χ0n) is 11.7. The summed E-state index contributed by atoms with van der Waals surface area (Å²) in [6, 6.07) is 8.08. The van der Waals surface area contributed by atoms with Crippen LogP contribution in [0.2, 0.25) is 0 Å². The Labute approximate surface area is 115 Å². The fourth-order valence-corrected chi connectivity index (χ4v) is 2.99. The summed E-state index contributed by atoms with van der Waals surface area (Å²) in [4.78, 5) is 11.4. The van der Waals surface area contributed by atoms with Crippen LogP contribution in [-0.4, -0.2) is 11.9 Å². The molecule has 0 heterocycles. The van der Waals surface area contributed by atoms with Crippen molar-refractivity contribution < 1.29 is 4.79 Å². The van der Waals surface area contributed by atoms with E-state index < -0.39 is 0 Å². The molecule has 2 rings (SSSR count). The molecular weight excluding hydrogens is 236 g/mol. The van der Waals surface area contributed by atoms with Crippen LogP contribution >= 0.6 is 0 Å². The van der Waals surface area contributed by atoms with Crippen LogP contribution in [0, 0.1) is 5.92 Å². The summed E-state index contributed by atoms with van der Waals surface area (Å²) in [6.45, 7) is 2.97. The maximum Gasteiger partial charge on any atom is 0.249 e. The normalized spacial score (nSPS) is 18.2. The van der Waals surface area contributed by atoms with Gasteiger partial charge in [-0.25, -0.2) is 0 Å². The van der Waals surface area contributed by atoms with E-state index in [2.05, 4.69) is 12.2 Å². The molecule has 3 nitrogen and oxygen atoms in total. The summed E-state index contributed by atoms with van der Waals surface area (Å²) < 4.78 is 0. The lowest BCUT2D eigenvalue weighted by Crippen LogP contribution is -2.34. The van der Waals surface area contributed by atoms with E-state index in [1.54, 1.807) is 6.07 Å². The Kier molecular flexibility index (Phi) is 4.97. The largest absolute Gasteiger partial charge is 0.366 e. The number of hydrogen-bond donors (Lipinski definition) is 2. The van der Waals surface area contributed by atoms with Crippen molar-refractivity contribution in [3.8, 4) is 0 Å². The minimum atomic E-state index is -0.345. The molecule has 1 aromatic carbocycles. The second-order valence-corrected chi connectivity index (χ2v) is 5.59. The predicted octanol–water partition coefficient (Wildman–Crippen LogP) is 2.84. The summed E-state index contributed by atoms with van der Waals surface area (Å²) in [5, 5.41) is 3.56. The molecule has 104 valence electrons. The molecule has 3 heteroatoms. The highest BCUT2D eigenvalue weighted by Gasteiger charge is 2.19. The van der Waals surface area contributed by atoms with Gasteiger partial charge >= 0.3 is 0 Å². The van der Waals surface area contributed by atoms with Crippen molar-refractivity contribution in [1.82, 2.24) is 5.32 Å². The molecule has 1 aromatic rings. The third-order valence-electron chi connectivity index (χ3n) is 4.25. The average Bonchev–Trinajstić information content (AvgIpc) is 2.46. The van der Waals surface area contributed by atoms with Gasteiger partial charge in [-0.3, -0.25) is 4.79 Å². The lowest BCUT2D eigenvalue weighted by Gasteiger charge is -2.28. The number of nitrogens with one attached hydrogen (secondary N) is 1. The van der Waals surface area contributed by atoms with Gasteiger partial charge in [-0.15, -0.1) is 0 Å². The van der Waals surface area contributed by atoms with Crippen molar-refractivity contribution in [2.45, 2.75) is 51.6 Å². The average molecular weight is 260 g/mol. The van der Waals surface area contributed by atoms with Crippen LogP contribution in [0.1, 0.15) is 54.9 Å². The molecule has 1 fully saturated rings. The minimum absolute atomic E-state index is 0.345. The van der Waals surface area contributed by atoms with Crippen LogP contribution in [0.3, 0.4) is 0 Å². The zero-order valence-corrected chi connectivity index (χ0v) is 11.7. The third-order valence-corrected chi connectivity index (χ3v) is 4.25. The Balaban J connectivity index is 1.92. The van der Waals surface area contributed by atoms with E-state index in [0.29, 0.717) is 11.6 Å². The van der Waals surface area contributed by atoms with E-state index in [0.717, 1.165) is 18.0 Å². The molecule has 1 atom stereocenters. The van der Waals surface area contributed by atoms with Crippen LogP contribution in [0.5, 0.6) is 0 Å². The predicted molar refractivity (Wildman–Crippen MR) is 77.8 cm³/mol. The van der Waals surface area contributed by atoms with E-state index in [1.165, 1.54) is 32.1 Å². The second-order valence-electron chi connectivity index (χ2n) is 5.59. The molecule has 1 amide bonds. The van der Waals surface area contributed by atoms with Crippen molar-refractivity contribution in [3.05, 3.63) is 35.4 Å². The van der Waals surface area contributed by atoms with Crippen molar-refractivity contribution in [3.63, 3.8) is 0 Å². The summed E-state index contributed by atoms with van der Waals surface area (Å²) in [5.41, 5.74) is 7.03. The maximum atomic E-state index is 11.4. The van der Waals surface area contributed by atoms with Gasteiger partial charge in [-0.05, 0) is 37.3 Å². The maximum absolute atomic E-state index is 11.4. The Morgan fingerprint density at radius 3 is 2.68 bits per heavy atom. The number of nitrogens with two attached hydrogens (primary N) is 1. The molecule has 1 aliphatic rings. The first-order valence-corrected chi connectivity index (χ1v) is 7.29. The summed E-state index contributed by atoms with van der Waals surface area (Å²) in [6.07, 6.45) is 6.74. The highest BCUT2D eigenvalue weighted by molar-refractivity contribution is 5.94. The van der Waals surface area contributed by atoms with Crippen LogP contribution in [0.25, 0.3) is 0 Å². The summed E-state index contributed by atoms with van der Waals surface area (Å²) >= 11 is 0. The quantitative estimate of drug-likeness (QED) is 0.855. The van der Waals surface area contributed by atoms with Gasteiger partial charge < -0.3 is 11.1 Å². The van der Waals surface area contributed by atoms with Crippen LogP contribution in [0.15, 0.2) is 24.3 Å². The molecule has 1 saturated carbocycles. The number of rotatable bonds is 5. The molecule has 0 spiro atoms. The molecule has 1 aliphatic carbocycles. The second kappa shape index (κ2) is 6.71. The monoisotopic (exact) mass is 260 g/mol. The summed E-state index contributed by atoms with van der Waals surface area (Å²) in [5.74, 6) is 0.428. The third kappa shape index (κ3) is 3.80. The molecule has 0 aromatic heterocycles. The summed E-state index contributed by atoms with van der Waals surface area (Å²) in [7, 11) is 0. The Hall–Kier alpha value is -1.35. The Bertz CT molecular complexity index is 425. The molecule has 0 radical (unpaired) electrons. The van der Waals surface area contributed by atoms with Gasteiger partial charge in [-0.1, -0.05) is 37.5 Å². The molecule has 0 bridgehead atoms. The molecule has 19 heavy (non-hydrogen) atoms. The van der Waals surface area contributed by atoms with Crippen LogP contribution in [-0.2, 0) is 6.54 Å². The topological polar surface area (TPSA) is 55.1 Å². The van der Waals surface area contributed by atoms with E-state index >= 15 is 0 Å². The van der Waals surface area contributed by atoms with Crippen molar-refractivity contribution in [1.29, 1.82) is 0 Å². The van der Waals surface area contributed by atoms with Gasteiger partial charge in [0, 0.05) is 18.2 Å². The highest BCUT2D eigenvalue weighted by Crippen LogP contribution is 2.26. The van der Waals surface area contributed by atoms with E-state index in [9.17, 15) is 4.79 Å². The van der Waals surface area contributed by atoms with Crippen molar-refractivity contribution in [2.75, 3.05) is 0 Å². The fraction of sp³-hybridized carbons (Fsp3) is 0.562. The lowest BCUT2D eigenvalue weighted by molar-refractivity contribution is 0.0999. The molecule has 0 aliphatic heterocycles. The smallest absolute Gasteiger partial charge is 0.249 e. The van der Waals surface area contributed by atoms with Crippen molar-refractivity contribution in [2.24, 2.45) is 11.7 Å². The van der Waals surface area contributed by atoms with Gasteiger partial charge in [0.25, 0.3) is 0 Å². The number of amides is 1. The Morgan fingerprint density at radius 1 is 1.32 bits per heavy atom. The minimum Gasteiger partial charge on any atom is -0.366 e. The SMILES string of the molecule is CC(NCc1ccccc1C(N)=O)C1CCCCC1.